The quantitative estimate of drug-likeness (QED) is 0.657. The molecule has 0 aromatic heterocycles. The number of methoxy groups -OCH3 is 1. The minimum Gasteiger partial charge on any atom is -0.497 e. The maximum Gasteiger partial charge on any atom is 0.119 e. The second kappa shape index (κ2) is 7.79. The Morgan fingerprint density at radius 3 is 2.11 bits per heavy atom. The van der Waals surface area contributed by atoms with Gasteiger partial charge >= 0.3 is 0 Å². The van der Waals surface area contributed by atoms with Crippen molar-refractivity contribution in [1.29, 1.82) is 0 Å². The van der Waals surface area contributed by atoms with Gasteiger partial charge in [0.1, 0.15) is 11.5 Å². The zero-order valence-electron chi connectivity index (χ0n) is 17.7. The molecule has 2 aromatic rings. The van der Waals surface area contributed by atoms with Gasteiger partial charge in [-0.3, -0.25) is 4.90 Å². The molecule has 0 amide bonds. The van der Waals surface area contributed by atoms with Crippen molar-refractivity contribution >= 4 is 0 Å². The van der Waals surface area contributed by atoms with E-state index in [9.17, 15) is 0 Å². The van der Waals surface area contributed by atoms with E-state index in [1.165, 1.54) is 36.9 Å². The number of likely N-dealkylation sites (tertiary alicyclic amines) is 1. The zero-order valence-corrected chi connectivity index (χ0v) is 17.7. The predicted molar refractivity (Wildman–Crippen MR) is 115 cm³/mol. The largest absolute Gasteiger partial charge is 0.497 e. The number of hydrogen-bond acceptors (Lipinski definition) is 3. The van der Waals surface area contributed by atoms with Crippen molar-refractivity contribution in [2.45, 2.75) is 64.6 Å². The van der Waals surface area contributed by atoms with Gasteiger partial charge in [-0.25, -0.2) is 0 Å². The second-order valence-electron chi connectivity index (χ2n) is 9.03. The molecule has 3 heteroatoms. The zero-order chi connectivity index (χ0) is 19.7. The molecular formula is C25H33NO2. The Morgan fingerprint density at radius 1 is 0.929 bits per heavy atom. The SMILES string of the molecule is COc1ccc(-c2ccc(OC3CCC4N(C(C)C)CCC4(C)C3)cc2)cc1. The first-order chi connectivity index (χ1) is 13.5. The van der Waals surface area contributed by atoms with E-state index in [4.69, 9.17) is 9.47 Å². The summed E-state index contributed by atoms with van der Waals surface area (Å²) in [7, 11) is 1.70. The van der Waals surface area contributed by atoms with E-state index in [0.29, 0.717) is 17.6 Å². The second-order valence-corrected chi connectivity index (χ2v) is 9.03. The van der Waals surface area contributed by atoms with Crippen LogP contribution in [-0.2, 0) is 0 Å². The maximum atomic E-state index is 6.41. The lowest BCUT2D eigenvalue weighted by Crippen LogP contribution is -2.47. The third-order valence-corrected chi connectivity index (χ3v) is 6.85. The molecule has 0 radical (unpaired) electrons. The van der Waals surface area contributed by atoms with Gasteiger partial charge in [-0.15, -0.1) is 0 Å². The van der Waals surface area contributed by atoms with Crippen LogP contribution in [0.3, 0.4) is 0 Å². The summed E-state index contributed by atoms with van der Waals surface area (Å²) < 4.78 is 11.7. The van der Waals surface area contributed by atoms with Gasteiger partial charge in [0.25, 0.3) is 0 Å². The Kier molecular flexibility index (Phi) is 5.37. The summed E-state index contributed by atoms with van der Waals surface area (Å²) >= 11 is 0. The highest BCUT2D eigenvalue weighted by Crippen LogP contribution is 2.48. The summed E-state index contributed by atoms with van der Waals surface area (Å²) in [6, 6.07) is 18.1. The molecular weight excluding hydrogens is 346 g/mol. The number of rotatable bonds is 5. The Balaban J connectivity index is 1.40. The van der Waals surface area contributed by atoms with Crippen molar-refractivity contribution in [3.63, 3.8) is 0 Å². The van der Waals surface area contributed by atoms with Crippen LogP contribution in [0.2, 0.25) is 0 Å². The van der Waals surface area contributed by atoms with Gasteiger partial charge in [-0.1, -0.05) is 31.2 Å². The molecule has 150 valence electrons. The monoisotopic (exact) mass is 379 g/mol. The molecule has 0 N–H and O–H groups in total. The smallest absolute Gasteiger partial charge is 0.119 e. The van der Waals surface area contributed by atoms with Crippen molar-refractivity contribution in [1.82, 2.24) is 4.90 Å². The minimum absolute atomic E-state index is 0.334. The standard InChI is InChI=1S/C25H33NO2/c1-18(2)26-16-15-25(3)17-23(13-14-24(25)26)28-22-11-7-20(8-12-22)19-5-9-21(27-4)10-6-19/h5-12,18,23-24H,13-17H2,1-4H3. The topological polar surface area (TPSA) is 21.7 Å². The molecule has 0 bridgehead atoms. The highest BCUT2D eigenvalue weighted by Gasteiger charge is 2.48. The highest BCUT2D eigenvalue weighted by molar-refractivity contribution is 5.64. The van der Waals surface area contributed by atoms with E-state index in [0.717, 1.165) is 24.0 Å². The Bertz CT molecular complexity index is 783. The van der Waals surface area contributed by atoms with Gasteiger partial charge in [-0.05, 0) is 86.9 Å². The lowest BCUT2D eigenvalue weighted by molar-refractivity contribution is 0.0274. The molecule has 1 saturated carbocycles. The van der Waals surface area contributed by atoms with Crippen molar-refractivity contribution < 1.29 is 9.47 Å². The Morgan fingerprint density at radius 2 is 1.54 bits per heavy atom. The van der Waals surface area contributed by atoms with Gasteiger partial charge in [0, 0.05) is 12.1 Å². The molecule has 4 rings (SSSR count). The summed E-state index contributed by atoms with van der Waals surface area (Å²) in [5, 5.41) is 0. The molecule has 3 atom stereocenters. The van der Waals surface area contributed by atoms with Crippen LogP contribution in [-0.4, -0.2) is 36.7 Å². The van der Waals surface area contributed by atoms with Crippen molar-refractivity contribution in [2.75, 3.05) is 13.7 Å². The molecule has 2 fully saturated rings. The minimum atomic E-state index is 0.334. The molecule has 1 heterocycles. The van der Waals surface area contributed by atoms with E-state index < -0.39 is 0 Å². The molecule has 2 aliphatic rings. The maximum absolute atomic E-state index is 6.41. The van der Waals surface area contributed by atoms with Gasteiger partial charge in [0.05, 0.1) is 13.2 Å². The lowest BCUT2D eigenvalue weighted by atomic mass is 9.70. The number of nitrogens with zero attached hydrogens (tertiary/aromatic N) is 1. The van der Waals surface area contributed by atoms with Crippen molar-refractivity contribution in [2.24, 2.45) is 5.41 Å². The molecule has 3 nitrogen and oxygen atoms in total. The number of fused-ring (bicyclic) bond motifs is 1. The highest BCUT2D eigenvalue weighted by atomic mass is 16.5. The Labute approximate surface area is 169 Å². The number of hydrogen-bond donors (Lipinski definition) is 0. The van der Waals surface area contributed by atoms with E-state index in [2.05, 4.69) is 62.1 Å². The van der Waals surface area contributed by atoms with Gasteiger partial charge in [-0.2, -0.15) is 0 Å². The van der Waals surface area contributed by atoms with Crippen LogP contribution < -0.4 is 9.47 Å². The predicted octanol–water partition coefficient (Wildman–Crippen LogP) is 5.78. The summed E-state index contributed by atoms with van der Waals surface area (Å²) in [6.45, 7) is 8.38. The van der Waals surface area contributed by atoms with Crippen LogP contribution in [0.15, 0.2) is 48.5 Å². The van der Waals surface area contributed by atoms with E-state index in [1.54, 1.807) is 7.11 Å². The van der Waals surface area contributed by atoms with Crippen molar-refractivity contribution in [3.05, 3.63) is 48.5 Å². The molecule has 1 aliphatic carbocycles. The van der Waals surface area contributed by atoms with Gasteiger partial charge in [0.15, 0.2) is 0 Å². The first-order valence-corrected chi connectivity index (χ1v) is 10.7. The average molecular weight is 380 g/mol. The third kappa shape index (κ3) is 3.77. The summed E-state index contributed by atoms with van der Waals surface area (Å²) in [6.07, 6.45) is 5.21. The van der Waals surface area contributed by atoms with E-state index in [-0.39, 0.29) is 0 Å². The van der Waals surface area contributed by atoms with Crippen LogP contribution >= 0.6 is 0 Å². The summed E-state index contributed by atoms with van der Waals surface area (Å²) in [5.41, 5.74) is 2.80. The van der Waals surface area contributed by atoms with Crippen LogP contribution in [0.25, 0.3) is 11.1 Å². The fourth-order valence-electron chi connectivity index (χ4n) is 5.25. The van der Waals surface area contributed by atoms with E-state index in [1.807, 2.05) is 12.1 Å². The average Bonchev–Trinajstić information content (AvgIpc) is 3.05. The normalized spacial score (nSPS) is 27.6. The Hall–Kier alpha value is -2.00. The first kappa shape index (κ1) is 19.3. The molecule has 1 aliphatic heterocycles. The van der Waals surface area contributed by atoms with Crippen molar-refractivity contribution in [3.8, 4) is 22.6 Å². The summed E-state index contributed by atoms with van der Waals surface area (Å²) in [5.74, 6) is 1.87. The summed E-state index contributed by atoms with van der Waals surface area (Å²) in [4.78, 5) is 2.71. The molecule has 2 aromatic carbocycles. The van der Waals surface area contributed by atoms with E-state index >= 15 is 0 Å². The lowest BCUT2D eigenvalue weighted by Gasteiger charge is -2.43. The van der Waals surface area contributed by atoms with Crippen LogP contribution in [0.4, 0.5) is 0 Å². The van der Waals surface area contributed by atoms with Crippen LogP contribution in [0.1, 0.15) is 46.5 Å². The number of ether oxygens (including phenoxy) is 2. The third-order valence-electron chi connectivity index (χ3n) is 6.85. The molecule has 28 heavy (non-hydrogen) atoms. The molecule has 1 saturated heterocycles. The fraction of sp³-hybridized carbons (Fsp3) is 0.520. The van der Waals surface area contributed by atoms with Crippen LogP contribution in [0.5, 0.6) is 11.5 Å². The molecule has 0 spiro atoms. The fourth-order valence-corrected chi connectivity index (χ4v) is 5.25. The first-order valence-electron chi connectivity index (χ1n) is 10.7. The molecule has 3 unspecified atom stereocenters. The van der Waals surface area contributed by atoms with Crippen LogP contribution in [0, 0.1) is 5.41 Å². The number of benzene rings is 2. The van der Waals surface area contributed by atoms with Gasteiger partial charge < -0.3 is 9.47 Å². The van der Waals surface area contributed by atoms with Gasteiger partial charge in [0.2, 0.25) is 0 Å².